The number of carboxylic acid groups (broad SMARTS) is 1. The van der Waals surface area contributed by atoms with E-state index in [9.17, 15) is 19.8 Å². The molecule has 0 spiro atoms. The van der Waals surface area contributed by atoms with Crippen molar-refractivity contribution in [2.24, 2.45) is 0 Å². The fraction of sp³-hybridized carbons (Fsp3) is 0.333. The molecular weight excluding hydrogens is 346 g/mol. The molecule has 6 nitrogen and oxygen atoms in total. The van der Waals surface area contributed by atoms with E-state index in [0.29, 0.717) is 19.4 Å². The molecule has 2 rings (SSSR count). The van der Waals surface area contributed by atoms with Crippen LogP contribution in [0.15, 0.2) is 48.5 Å². The summed E-state index contributed by atoms with van der Waals surface area (Å²) in [6, 6.07) is 13.0. The minimum absolute atomic E-state index is 0.116. The molecule has 27 heavy (non-hydrogen) atoms. The fourth-order valence-corrected chi connectivity index (χ4v) is 2.98. The van der Waals surface area contributed by atoms with Gasteiger partial charge in [-0.25, -0.2) is 0 Å². The van der Waals surface area contributed by atoms with Crippen LogP contribution < -0.4 is 5.32 Å². The molecule has 4 N–H and O–H groups in total. The molecule has 0 heterocycles. The van der Waals surface area contributed by atoms with Crippen LogP contribution in [-0.4, -0.2) is 33.7 Å². The van der Waals surface area contributed by atoms with Crippen LogP contribution in [0, 0.1) is 0 Å². The summed E-state index contributed by atoms with van der Waals surface area (Å²) in [6.07, 6.45) is 2.13. The molecule has 0 aromatic heterocycles. The number of amides is 1. The number of benzene rings is 2. The Hall–Kier alpha value is -3.02. The normalized spacial score (nSPS) is 11.1. The van der Waals surface area contributed by atoms with E-state index in [1.54, 1.807) is 31.2 Å². The van der Waals surface area contributed by atoms with Crippen molar-refractivity contribution in [3.8, 4) is 11.5 Å². The van der Waals surface area contributed by atoms with Crippen molar-refractivity contribution in [2.45, 2.75) is 38.0 Å². The third-order valence-corrected chi connectivity index (χ3v) is 4.70. The number of hydrogen-bond acceptors (Lipinski definition) is 4. The molecule has 6 heteroatoms. The number of rotatable bonds is 9. The number of hydrogen-bond donors (Lipinski definition) is 4. The molecule has 0 aliphatic carbocycles. The third-order valence-electron chi connectivity index (χ3n) is 4.70. The van der Waals surface area contributed by atoms with Crippen LogP contribution in [0.2, 0.25) is 0 Å². The monoisotopic (exact) mass is 371 g/mol. The van der Waals surface area contributed by atoms with Gasteiger partial charge in [0.2, 0.25) is 5.91 Å². The highest BCUT2D eigenvalue weighted by atomic mass is 16.4. The Bertz CT molecular complexity index is 723. The van der Waals surface area contributed by atoms with Crippen molar-refractivity contribution in [2.75, 3.05) is 6.54 Å². The maximum atomic E-state index is 13.0. The van der Waals surface area contributed by atoms with Gasteiger partial charge in [0, 0.05) is 13.0 Å². The van der Waals surface area contributed by atoms with Gasteiger partial charge in [0.15, 0.2) is 0 Å². The van der Waals surface area contributed by atoms with Crippen LogP contribution in [0.4, 0.5) is 0 Å². The quantitative estimate of drug-likeness (QED) is 0.507. The van der Waals surface area contributed by atoms with E-state index in [4.69, 9.17) is 5.11 Å². The Balaban J connectivity index is 2.14. The van der Waals surface area contributed by atoms with Gasteiger partial charge in [0.05, 0.1) is 5.41 Å². The van der Waals surface area contributed by atoms with E-state index in [1.807, 2.05) is 0 Å². The Morgan fingerprint density at radius 2 is 1.33 bits per heavy atom. The lowest BCUT2D eigenvalue weighted by atomic mass is 9.75. The zero-order valence-electron chi connectivity index (χ0n) is 15.3. The van der Waals surface area contributed by atoms with E-state index in [0.717, 1.165) is 17.5 Å². The Morgan fingerprint density at radius 1 is 0.852 bits per heavy atom. The molecule has 144 valence electrons. The largest absolute Gasteiger partial charge is 0.508 e. The van der Waals surface area contributed by atoms with Gasteiger partial charge in [-0.1, -0.05) is 30.7 Å². The summed E-state index contributed by atoms with van der Waals surface area (Å²) in [5.41, 5.74) is 0.436. The van der Waals surface area contributed by atoms with Crippen LogP contribution >= 0.6 is 0 Å². The average molecular weight is 371 g/mol. The summed E-state index contributed by atoms with van der Waals surface area (Å²) >= 11 is 0. The van der Waals surface area contributed by atoms with Gasteiger partial charge in [-0.2, -0.15) is 0 Å². The number of unbranched alkanes of at least 4 members (excludes halogenated alkanes) is 2. The van der Waals surface area contributed by atoms with Gasteiger partial charge < -0.3 is 20.6 Å². The standard InChI is InChI=1S/C21H25NO5/c1-21(15-6-10-17(23)11-7-15,16-8-12-18(24)13-9-16)20(27)22-14-4-2-3-5-19(25)26/h6-13,23-24H,2-5,14H2,1H3,(H,22,27)(H,25,26). The predicted molar refractivity (Wildman–Crippen MR) is 102 cm³/mol. The van der Waals surface area contributed by atoms with Crippen LogP contribution in [0.3, 0.4) is 0 Å². The highest BCUT2D eigenvalue weighted by Crippen LogP contribution is 2.34. The number of phenolic OH excluding ortho intramolecular Hbond substituents is 2. The molecule has 0 saturated heterocycles. The molecule has 0 fully saturated rings. The van der Waals surface area contributed by atoms with Crippen molar-refractivity contribution in [3.05, 3.63) is 59.7 Å². The van der Waals surface area contributed by atoms with E-state index >= 15 is 0 Å². The van der Waals surface area contributed by atoms with E-state index in [-0.39, 0.29) is 23.8 Å². The van der Waals surface area contributed by atoms with Gasteiger partial charge in [0.25, 0.3) is 0 Å². The van der Waals surface area contributed by atoms with Crippen molar-refractivity contribution in [3.63, 3.8) is 0 Å². The summed E-state index contributed by atoms with van der Waals surface area (Å²) < 4.78 is 0. The highest BCUT2D eigenvalue weighted by Gasteiger charge is 2.37. The summed E-state index contributed by atoms with van der Waals surface area (Å²) in [5.74, 6) is -0.778. The number of aliphatic carboxylic acids is 1. The molecule has 0 aliphatic rings. The summed E-state index contributed by atoms with van der Waals surface area (Å²) in [6.45, 7) is 2.25. The molecule has 0 saturated carbocycles. The predicted octanol–water partition coefficient (Wildman–Crippen LogP) is 3.17. The topological polar surface area (TPSA) is 107 Å². The number of carbonyl (C=O) groups excluding carboxylic acids is 1. The van der Waals surface area contributed by atoms with Crippen LogP contribution in [0.25, 0.3) is 0 Å². The maximum Gasteiger partial charge on any atom is 0.303 e. The number of carbonyl (C=O) groups is 2. The first kappa shape index (κ1) is 20.3. The zero-order valence-corrected chi connectivity index (χ0v) is 15.3. The van der Waals surface area contributed by atoms with Crippen LogP contribution in [0.5, 0.6) is 11.5 Å². The second-order valence-corrected chi connectivity index (χ2v) is 6.68. The first-order valence-electron chi connectivity index (χ1n) is 8.93. The average Bonchev–Trinajstić information content (AvgIpc) is 2.64. The lowest BCUT2D eigenvalue weighted by molar-refractivity contribution is -0.137. The lowest BCUT2D eigenvalue weighted by Crippen LogP contribution is -2.43. The van der Waals surface area contributed by atoms with Crippen molar-refractivity contribution >= 4 is 11.9 Å². The number of aromatic hydroxyl groups is 2. The zero-order chi connectivity index (χ0) is 19.9. The SMILES string of the molecule is CC(C(=O)NCCCCCC(=O)O)(c1ccc(O)cc1)c1ccc(O)cc1. The minimum atomic E-state index is -0.998. The van der Waals surface area contributed by atoms with E-state index in [2.05, 4.69) is 5.32 Å². The molecule has 2 aromatic rings. The van der Waals surface area contributed by atoms with Gasteiger partial charge in [-0.15, -0.1) is 0 Å². The van der Waals surface area contributed by atoms with Crippen LogP contribution in [0.1, 0.15) is 43.7 Å². The number of nitrogens with one attached hydrogen (secondary N) is 1. The minimum Gasteiger partial charge on any atom is -0.508 e. The summed E-state index contributed by atoms with van der Waals surface area (Å²) in [7, 11) is 0. The first-order chi connectivity index (χ1) is 12.8. The molecule has 0 aliphatic heterocycles. The van der Waals surface area contributed by atoms with Crippen LogP contribution in [-0.2, 0) is 15.0 Å². The smallest absolute Gasteiger partial charge is 0.303 e. The number of phenols is 2. The molecule has 0 atom stereocenters. The Labute approximate surface area is 158 Å². The molecule has 0 unspecified atom stereocenters. The maximum absolute atomic E-state index is 13.0. The first-order valence-corrected chi connectivity index (χ1v) is 8.93. The number of carboxylic acids is 1. The van der Waals surface area contributed by atoms with E-state index in [1.165, 1.54) is 24.3 Å². The Morgan fingerprint density at radius 3 is 1.78 bits per heavy atom. The molecule has 0 bridgehead atoms. The third kappa shape index (κ3) is 5.23. The second-order valence-electron chi connectivity index (χ2n) is 6.68. The van der Waals surface area contributed by atoms with Crippen molar-refractivity contribution in [1.82, 2.24) is 5.32 Å². The van der Waals surface area contributed by atoms with Gasteiger partial charge in [-0.3, -0.25) is 9.59 Å². The second kappa shape index (κ2) is 9.07. The molecule has 1 amide bonds. The molecule has 2 aromatic carbocycles. The van der Waals surface area contributed by atoms with Crippen molar-refractivity contribution < 1.29 is 24.9 Å². The summed E-state index contributed by atoms with van der Waals surface area (Å²) in [5, 5.41) is 30.7. The molecule has 0 radical (unpaired) electrons. The molecular formula is C21H25NO5. The fourth-order valence-electron chi connectivity index (χ4n) is 2.98. The lowest BCUT2D eigenvalue weighted by Gasteiger charge is -2.30. The van der Waals surface area contributed by atoms with Gasteiger partial charge in [0.1, 0.15) is 11.5 Å². The Kier molecular flexibility index (Phi) is 6.82. The van der Waals surface area contributed by atoms with Crippen molar-refractivity contribution in [1.29, 1.82) is 0 Å². The highest BCUT2D eigenvalue weighted by molar-refractivity contribution is 5.91. The van der Waals surface area contributed by atoms with Gasteiger partial charge >= 0.3 is 5.97 Å². The van der Waals surface area contributed by atoms with E-state index < -0.39 is 11.4 Å². The summed E-state index contributed by atoms with van der Waals surface area (Å²) in [4.78, 5) is 23.6. The van der Waals surface area contributed by atoms with Gasteiger partial charge in [-0.05, 0) is 55.2 Å².